The lowest BCUT2D eigenvalue weighted by Gasteiger charge is -2.11. The second-order valence-corrected chi connectivity index (χ2v) is 8.18. The number of carbonyl (C=O) groups excluding carboxylic acids is 2. The van der Waals surface area contributed by atoms with E-state index in [4.69, 9.17) is 0 Å². The van der Waals surface area contributed by atoms with Gasteiger partial charge in [-0.05, 0) is 67.5 Å². The number of aryl methyl sites for hydroxylation is 1. The maximum absolute atomic E-state index is 12.6. The lowest BCUT2D eigenvalue weighted by Crippen LogP contribution is -2.25. The van der Waals surface area contributed by atoms with Crippen molar-refractivity contribution >= 4 is 33.4 Å². The van der Waals surface area contributed by atoms with E-state index in [2.05, 4.69) is 38.7 Å². The smallest absolute Gasteiger partial charge is 0.251 e. The van der Waals surface area contributed by atoms with E-state index in [1.165, 1.54) is 5.56 Å². The molecule has 5 heteroatoms. The first-order chi connectivity index (χ1) is 12.5. The first-order valence-electron chi connectivity index (χ1n) is 8.99. The molecule has 2 fully saturated rings. The molecule has 2 aliphatic rings. The van der Waals surface area contributed by atoms with Crippen molar-refractivity contribution in [2.45, 2.75) is 38.1 Å². The Morgan fingerprint density at radius 1 is 1.08 bits per heavy atom. The standard InChI is InChI=1S/C21H21BrN2O2/c1-12-2-3-14(20(25)23-16-8-9-16)10-19(12)24-21(26)18-11-17(18)13-4-6-15(22)7-5-13/h2-7,10,16-18H,8-9,11H2,1H3,(H,23,25)(H,24,26). The summed E-state index contributed by atoms with van der Waals surface area (Å²) in [6, 6.07) is 13.9. The Morgan fingerprint density at radius 2 is 1.81 bits per heavy atom. The van der Waals surface area contributed by atoms with Crippen LogP contribution >= 0.6 is 15.9 Å². The fourth-order valence-corrected chi connectivity index (χ4v) is 3.45. The van der Waals surface area contributed by atoms with E-state index in [0.717, 1.165) is 35.0 Å². The van der Waals surface area contributed by atoms with Crippen LogP contribution in [0, 0.1) is 12.8 Å². The molecule has 0 saturated heterocycles. The Kier molecular flexibility index (Phi) is 4.57. The van der Waals surface area contributed by atoms with Crippen LogP contribution in [0.4, 0.5) is 5.69 Å². The minimum atomic E-state index is -0.0674. The maximum atomic E-state index is 12.6. The fraction of sp³-hybridized carbons (Fsp3) is 0.333. The van der Waals surface area contributed by atoms with E-state index in [1.54, 1.807) is 6.07 Å². The van der Waals surface area contributed by atoms with Gasteiger partial charge in [-0.2, -0.15) is 0 Å². The molecule has 2 aliphatic carbocycles. The number of hydrogen-bond acceptors (Lipinski definition) is 2. The van der Waals surface area contributed by atoms with Gasteiger partial charge in [0.2, 0.25) is 5.91 Å². The molecule has 0 aromatic heterocycles. The molecule has 2 N–H and O–H groups in total. The zero-order chi connectivity index (χ0) is 18.3. The van der Waals surface area contributed by atoms with Gasteiger partial charge in [-0.25, -0.2) is 0 Å². The van der Waals surface area contributed by atoms with Crippen LogP contribution in [0.1, 0.15) is 46.7 Å². The Morgan fingerprint density at radius 3 is 2.50 bits per heavy atom. The van der Waals surface area contributed by atoms with Crippen LogP contribution < -0.4 is 10.6 Å². The Hall–Kier alpha value is -2.14. The molecular formula is C21H21BrN2O2. The molecule has 2 unspecified atom stereocenters. The van der Waals surface area contributed by atoms with Crippen LogP contribution in [0.3, 0.4) is 0 Å². The number of halogens is 1. The van der Waals surface area contributed by atoms with E-state index in [-0.39, 0.29) is 23.7 Å². The third-order valence-corrected chi connectivity index (χ3v) is 5.62. The zero-order valence-electron chi connectivity index (χ0n) is 14.6. The van der Waals surface area contributed by atoms with Crippen molar-refractivity contribution in [2.24, 2.45) is 5.92 Å². The predicted molar refractivity (Wildman–Crippen MR) is 105 cm³/mol. The highest BCUT2D eigenvalue weighted by molar-refractivity contribution is 9.10. The molecule has 0 heterocycles. The van der Waals surface area contributed by atoms with E-state index >= 15 is 0 Å². The SMILES string of the molecule is Cc1ccc(C(=O)NC2CC2)cc1NC(=O)C1CC1c1ccc(Br)cc1. The molecule has 0 bridgehead atoms. The van der Waals surface area contributed by atoms with Crippen molar-refractivity contribution in [3.8, 4) is 0 Å². The summed E-state index contributed by atoms with van der Waals surface area (Å²) in [5, 5.41) is 6.00. The van der Waals surface area contributed by atoms with Gasteiger partial charge in [0, 0.05) is 27.7 Å². The Balaban J connectivity index is 1.42. The lowest BCUT2D eigenvalue weighted by molar-refractivity contribution is -0.117. The minimum absolute atomic E-state index is 0.000442. The first-order valence-corrected chi connectivity index (χ1v) is 9.78. The van der Waals surface area contributed by atoms with Crippen molar-refractivity contribution in [1.29, 1.82) is 0 Å². The molecule has 2 atom stereocenters. The molecule has 134 valence electrons. The molecule has 0 radical (unpaired) electrons. The topological polar surface area (TPSA) is 58.2 Å². The molecule has 2 aromatic carbocycles. The third kappa shape index (κ3) is 3.83. The summed E-state index contributed by atoms with van der Waals surface area (Å²) in [4.78, 5) is 24.9. The molecule has 4 nitrogen and oxygen atoms in total. The average Bonchev–Trinajstić information content (AvgIpc) is 3.51. The van der Waals surface area contributed by atoms with Crippen molar-refractivity contribution in [2.75, 3.05) is 5.32 Å². The number of nitrogens with one attached hydrogen (secondary N) is 2. The molecule has 4 rings (SSSR count). The number of rotatable bonds is 5. The molecule has 2 aromatic rings. The quantitative estimate of drug-likeness (QED) is 0.764. The van der Waals surface area contributed by atoms with Gasteiger partial charge in [-0.3, -0.25) is 9.59 Å². The largest absolute Gasteiger partial charge is 0.349 e. The number of hydrogen-bond donors (Lipinski definition) is 2. The van der Waals surface area contributed by atoms with Gasteiger partial charge in [0.1, 0.15) is 0 Å². The minimum Gasteiger partial charge on any atom is -0.349 e. The van der Waals surface area contributed by atoms with Crippen LogP contribution in [0.15, 0.2) is 46.9 Å². The summed E-state index contributed by atoms with van der Waals surface area (Å²) in [5.74, 6) is 0.243. The van der Waals surface area contributed by atoms with Crippen LogP contribution in [0.2, 0.25) is 0 Å². The summed E-state index contributed by atoms with van der Waals surface area (Å²) >= 11 is 3.44. The van der Waals surface area contributed by atoms with Crippen molar-refractivity contribution in [3.63, 3.8) is 0 Å². The van der Waals surface area contributed by atoms with Crippen LogP contribution in [-0.2, 0) is 4.79 Å². The highest BCUT2D eigenvalue weighted by Gasteiger charge is 2.44. The van der Waals surface area contributed by atoms with Crippen LogP contribution in [-0.4, -0.2) is 17.9 Å². The van der Waals surface area contributed by atoms with E-state index in [0.29, 0.717) is 11.6 Å². The number of carbonyl (C=O) groups is 2. The highest BCUT2D eigenvalue weighted by Crippen LogP contribution is 2.48. The summed E-state index contributed by atoms with van der Waals surface area (Å²) in [5.41, 5.74) is 3.47. The van der Waals surface area contributed by atoms with Crippen LogP contribution in [0.25, 0.3) is 0 Å². The fourth-order valence-electron chi connectivity index (χ4n) is 3.18. The maximum Gasteiger partial charge on any atom is 0.251 e. The average molecular weight is 413 g/mol. The van der Waals surface area contributed by atoms with Crippen LogP contribution in [0.5, 0.6) is 0 Å². The van der Waals surface area contributed by atoms with Crippen molar-refractivity contribution < 1.29 is 9.59 Å². The molecule has 2 saturated carbocycles. The van der Waals surface area contributed by atoms with Gasteiger partial charge in [-0.15, -0.1) is 0 Å². The van der Waals surface area contributed by atoms with E-state index in [1.807, 2.05) is 31.2 Å². The van der Waals surface area contributed by atoms with Gasteiger partial charge in [-0.1, -0.05) is 34.1 Å². The predicted octanol–water partition coefficient (Wildman–Crippen LogP) is 4.39. The molecular weight excluding hydrogens is 392 g/mol. The summed E-state index contributed by atoms with van der Waals surface area (Å²) in [7, 11) is 0. The number of anilines is 1. The molecule has 0 spiro atoms. The zero-order valence-corrected chi connectivity index (χ0v) is 16.2. The number of benzene rings is 2. The summed E-state index contributed by atoms with van der Waals surface area (Å²) < 4.78 is 1.04. The summed E-state index contributed by atoms with van der Waals surface area (Å²) in [6.45, 7) is 1.94. The first kappa shape index (κ1) is 17.3. The summed E-state index contributed by atoms with van der Waals surface area (Å²) in [6.07, 6.45) is 2.98. The normalized spacial score (nSPS) is 21.2. The van der Waals surface area contributed by atoms with E-state index in [9.17, 15) is 9.59 Å². The Bertz CT molecular complexity index is 859. The van der Waals surface area contributed by atoms with Gasteiger partial charge in [0.25, 0.3) is 5.91 Å². The second-order valence-electron chi connectivity index (χ2n) is 7.27. The molecule has 26 heavy (non-hydrogen) atoms. The molecule has 2 amide bonds. The molecule has 0 aliphatic heterocycles. The van der Waals surface area contributed by atoms with Gasteiger partial charge >= 0.3 is 0 Å². The van der Waals surface area contributed by atoms with Gasteiger partial charge in [0.15, 0.2) is 0 Å². The second kappa shape index (κ2) is 6.88. The lowest BCUT2D eigenvalue weighted by atomic mass is 10.1. The number of amides is 2. The highest BCUT2D eigenvalue weighted by atomic mass is 79.9. The van der Waals surface area contributed by atoms with Crippen molar-refractivity contribution in [1.82, 2.24) is 5.32 Å². The van der Waals surface area contributed by atoms with Gasteiger partial charge < -0.3 is 10.6 Å². The third-order valence-electron chi connectivity index (χ3n) is 5.10. The van der Waals surface area contributed by atoms with Gasteiger partial charge in [0.05, 0.1) is 0 Å². The van der Waals surface area contributed by atoms with Crippen molar-refractivity contribution in [3.05, 3.63) is 63.6 Å². The monoisotopic (exact) mass is 412 g/mol. The van der Waals surface area contributed by atoms with E-state index < -0.39 is 0 Å². The Labute approximate surface area is 161 Å².